The molecule has 0 unspecified atom stereocenters. The summed E-state index contributed by atoms with van der Waals surface area (Å²) in [6.45, 7) is 3.06. The molecule has 5 rings (SSSR count). The zero-order valence-corrected chi connectivity index (χ0v) is 18.2. The van der Waals surface area contributed by atoms with E-state index in [9.17, 15) is 18.0 Å². The Hall–Kier alpha value is -3.72. The fourth-order valence-electron chi connectivity index (χ4n) is 4.23. The predicted molar refractivity (Wildman–Crippen MR) is 123 cm³/mol. The Morgan fingerprint density at radius 1 is 1.00 bits per heavy atom. The van der Waals surface area contributed by atoms with E-state index in [1.54, 1.807) is 6.20 Å². The number of nitrogens with one attached hydrogen (secondary N) is 2. The Labute approximate surface area is 193 Å². The predicted octanol–water partition coefficient (Wildman–Crippen LogP) is 5.49. The van der Waals surface area contributed by atoms with Crippen molar-refractivity contribution in [2.45, 2.75) is 25.6 Å². The van der Waals surface area contributed by atoms with Crippen LogP contribution in [0.3, 0.4) is 0 Å². The van der Waals surface area contributed by atoms with E-state index in [2.05, 4.69) is 31.5 Å². The number of likely N-dealkylation sites (tertiary alicyclic amines) is 1. The first-order valence-electron chi connectivity index (χ1n) is 11.0. The number of nitrogens with zero attached hydrogens (tertiary/aromatic N) is 3. The minimum Gasteiger partial charge on any atom is -0.321 e. The number of pyridine rings is 1. The van der Waals surface area contributed by atoms with Crippen LogP contribution in [0.1, 0.15) is 34.5 Å². The number of hydrogen-bond donors (Lipinski definition) is 2. The molecule has 0 atom stereocenters. The lowest BCUT2D eigenvalue weighted by Gasteiger charge is -2.14. The Kier molecular flexibility index (Phi) is 5.79. The topological polar surface area (TPSA) is 73.9 Å². The van der Waals surface area contributed by atoms with Crippen LogP contribution in [0.15, 0.2) is 60.9 Å². The molecule has 1 saturated heterocycles. The van der Waals surface area contributed by atoms with Gasteiger partial charge in [0.1, 0.15) is 0 Å². The minimum atomic E-state index is -4.43. The molecule has 6 nitrogen and oxygen atoms in total. The van der Waals surface area contributed by atoms with Crippen LogP contribution in [0.2, 0.25) is 0 Å². The molecule has 3 heterocycles. The van der Waals surface area contributed by atoms with Gasteiger partial charge in [-0.3, -0.25) is 19.8 Å². The number of carbonyl (C=O) groups is 1. The lowest BCUT2D eigenvalue weighted by Crippen LogP contribution is -2.18. The molecular weight excluding hydrogens is 443 g/mol. The number of halogens is 3. The van der Waals surface area contributed by atoms with Gasteiger partial charge in [-0.25, -0.2) is 0 Å². The van der Waals surface area contributed by atoms with Gasteiger partial charge < -0.3 is 5.32 Å². The van der Waals surface area contributed by atoms with Gasteiger partial charge in [-0.05, 0) is 79.5 Å². The maximum Gasteiger partial charge on any atom is 0.416 e. The zero-order valence-electron chi connectivity index (χ0n) is 18.2. The Balaban J connectivity index is 1.38. The SMILES string of the molecule is O=C(Nc1ccc(C(F)(F)F)cc1)c1n[nH]c2ccc(-c3cncc(CN4CCCC4)c3)cc12. The molecule has 0 radical (unpaired) electrons. The van der Waals surface area contributed by atoms with Crippen molar-refractivity contribution in [1.82, 2.24) is 20.1 Å². The number of anilines is 1. The van der Waals surface area contributed by atoms with E-state index < -0.39 is 17.6 Å². The molecule has 4 aromatic rings. The molecule has 1 aliphatic heterocycles. The first-order valence-corrected chi connectivity index (χ1v) is 11.0. The van der Waals surface area contributed by atoms with Gasteiger partial charge in [0, 0.05) is 35.6 Å². The highest BCUT2D eigenvalue weighted by Crippen LogP contribution is 2.30. The lowest BCUT2D eigenvalue weighted by molar-refractivity contribution is -0.137. The summed E-state index contributed by atoms with van der Waals surface area (Å²) >= 11 is 0. The van der Waals surface area contributed by atoms with Gasteiger partial charge in [0.2, 0.25) is 0 Å². The maximum atomic E-state index is 12.8. The molecule has 2 aromatic heterocycles. The van der Waals surface area contributed by atoms with Crippen LogP contribution in [0.5, 0.6) is 0 Å². The number of benzene rings is 2. The van der Waals surface area contributed by atoms with Crippen LogP contribution < -0.4 is 5.32 Å². The van der Waals surface area contributed by atoms with Crippen molar-refractivity contribution < 1.29 is 18.0 Å². The molecule has 2 aromatic carbocycles. The summed E-state index contributed by atoms with van der Waals surface area (Å²) in [5, 5.41) is 10.2. The number of amides is 1. The highest BCUT2D eigenvalue weighted by atomic mass is 19.4. The van der Waals surface area contributed by atoms with Crippen molar-refractivity contribution in [3.05, 3.63) is 77.7 Å². The number of carbonyl (C=O) groups excluding carboxylic acids is 1. The first kappa shape index (κ1) is 22.1. The molecule has 174 valence electrons. The van der Waals surface area contributed by atoms with Crippen LogP contribution in [-0.4, -0.2) is 39.1 Å². The van der Waals surface area contributed by atoms with E-state index in [0.29, 0.717) is 10.9 Å². The van der Waals surface area contributed by atoms with Crippen LogP contribution in [-0.2, 0) is 12.7 Å². The summed E-state index contributed by atoms with van der Waals surface area (Å²) in [7, 11) is 0. The van der Waals surface area contributed by atoms with Crippen LogP contribution in [0.4, 0.5) is 18.9 Å². The number of alkyl halides is 3. The summed E-state index contributed by atoms with van der Waals surface area (Å²) in [5.41, 5.74) is 3.29. The molecule has 34 heavy (non-hydrogen) atoms. The largest absolute Gasteiger partial charge is 0.416 e. The van der Waals surface area contributed by atoms with Crippen LogP contribution >= 0.6 is 0 Å². The molecule has 2 N–H and O–H groups in total. The van der Waals surface area contributed by atoms with E-state index in [4.69, 9.17) is 0 Å². The Morgan fingerprint density at radius 3 is 2.50 bits per heavy atom. The second-order valence-corrected chi connectivity index (χ2v) is 8.43. The number of fused-ring (bicyclic) bond motifs is 1. The minimum absolute atomic E-state index is 0.165. The van der Waals surface area contributed by atoms with E-state index in [-0.39, 0.29) is 11.4 Å². The van der Waals surface area contributed by atoms with Gasteiger partial charge in [-0.1, -0.05) is 6.07 Å². The normalized spacial score (nSPS) is 14.6. The monoisotopic (exact) mass is 465 g/mol. The fourth-order valence-corrected chi connectivity index (χ4v) is 4.23. The summed E-state index contributed by atoms with van der Waals surface area (Å²) in [5.74, 6) is -0.510. The highest BCUT2D eigenvalue weighted by molar-refractivity contribution is 6.11. The molecule has 1 amide bonds. The van der Waals surface area contributed by atoms with Crippen molar-refractivity contribution in [3.63, 3.8) is 0 Å². The Bertz CT molecular complexity index is 1320. The molecule has 9 heteroatoms. The smallest absolute Gasteiger partial charge is 0.321 e. The molecule has 1 aliphatic rings. The average molecular weight is 465 g/mol. The van der Waals surface area contributed by atoms with Gasteiger partial charge in [0.15, 0.2) is 5.69 Å². The number of aromatic amines is 1. The zero-order chi connectivity index (χ0) is 23.7. The van der Waals surface area contributed by atoms with Crippen LogP contribution in [0.25, 0.3) is 22.0 Å². The molecule has 0 bridgehead atoms. The van der Waals surface area contributed by atoms with Crippen molar-refractivity contribution in [3.8, 4) is 11.1 Å². The van der Waals surface area contributed by atoms with Crippen molar-refractivity contribution in [2.24, 2.45) is 0 Å². The molecule has 0 aliphatic carbocycles. The second kappa shape index (κ2) is 8.90. The third-order valence-corrected chi connectivity index (χ3v) is 5.98. The first-order chi connectivity index (χ1) is 16.4. The number of hydrogen-bond acceptors (Lipinski definition) is 4. The van der Waals surface area contributed by atoms with Gasteiger partial charge in [-0.2, -0.15) is 18.3 Å². The summed E-state index contributed by atoms with van der Waals surface area (Å²) in [6.07, 6.45) is 1.68. The standard InChI is InChI=1S/C25H22F3N5O/c26-25(27,28)19-4-6-20(7-5-19)30-24(34)23-21-12-17(3-8-22(21)31-32-23)18-11-16(13-29-14-18)15-33-9-1-2-10-33/h3-8,11-14H,1-2,9-10,15H2,(H,30,34)(H,31,32). The fraction of sp³-hybridized carbons (Fsp3) is 0.240. The lowest BCUT2D eigenvalue weighted by atomic mass is 10.0. The van der Waals surface area contributed by atoms with E-state index in [1.807, 2.05) is 24.4 Å². The number of rotatable bonds is 5. The van der Waals surface area contributed by atoms with Crippen molar-refractivity contribution >= 4 is 22.5 Å². The highest BCUT2D eigenvalue weighted by Gasteiger charge is 2.30. The maximum absolute atomic E-state index is 12.8. The summed E-state index contributed by atoms with van der Waals surface area (Å²) < 4.78 is 38.3. The Morgan fingerprint density at radius 2 is 1.76 bits per heavy atom. The summed E-state index contributed by atoms with van der Waals surface area (Å²) in [4.78, 5) is 19.6. The van der Waals surface area contributed by atoms with Gasteiger partial charge in [-0.15, -0.1) is 0 Å². The molecule has 1 fully saturated rings. The number of aromatic nitrogens is 3. The molecule has 0 spiro atoms. The molecular formula is C25H22F3N5O. The van der Waals surface area contributed by atoms with Gasteiger partial charge >= 0.3 is 6.18 Å². The van der Waals surface area contributed by atoms with E-state index >= 15 is 0 Å². The van der Waals surface area contributed by atoms with Crippen molar-refractivity contribution in [1.29, 1.82) is 0 Å². The second-order valence-electron chi connectivity index (χ2n) is 8.43. The molecule has 0 saturated carbocycles. The number of H-pyrrole nitrogens is 1. The van der Waals surface area contributed by atoms with Gasteiger partial charge in [0.25, 0.3) is 5.91 Å². The van der Waals surface area contributed by atoms with Crippen LogP contribution in [0, 0.1) is 0 Å². The summed E-state index contributed by atoms with van der Waals surface area (Å²) in [6, 6.07) is 12.1. The average Bonchev–Trinajstić information content (AvgIpc) is 3.48. The van der Waals surface area contributed by atoms with Crippen molar-refractivity contribution in [2.75, 3.05) is 18.4 Å². The van der Waals surface area contributed by atoms with Gasteiger partial charge in [0.05, 0.1) is 11.1 Å². The van der Waals surface area contributed by atoms with E-state index in [1.165, 1.54) is 25.0 Å². The third kappa shape index (κ3) is 4.65. The van der Waals surface area contributed by atoms with E-state index in [0.717, 1.165) is 48.5 Å². The quantitative estimate of drug-likeness (QED) is 0.409. The third-order valence-electron chi connectivity index (χ3n) is 5.98.